The Morgan fingerprint density at radius 3 is 2.58 bits per heavy atom. The van der Waals surface area contributed by atoms with E-state index in [1.807, 2.05) is 18.7 Å². The minimum absolute atomic E-state index is 0.138. The van der Waals surface area contributed by atoms with Crippen LogP contribution in [0.5, 0.6) is 0 Å². The zero-order valence-electron chi connectivity index (χ0n) is 12.4. The first-order valence-corrected chi connectivity index (χ1v) is 7.81. The van der Waals surface area contributed by atoms with E-state index >= 15 is 0 Å². The van der Waals surface area contributed by atoms with Crippen molar-refractivity contribution in [1.29, 1.82) is 0 Å². The molecule has 0 spiro atoms. The second-order valence-corrected chi connectivity index (χ2v) is 6.21. The summed E-state index contributed by atoms with van der Waals surface area (Å²) in [4.78, 5) is 14.0. The summed E-state index contributed by atoms with van der Waals surface area (Å²) in [5.74, 6) is 1.57. The second-order valence-electron chi connectivity index (χ2n) is 6.21. The zero-order chi connectivity index (χ0) is 13.7. The number of nitrogens with zero attached hydrogens (tertiary/aromatic N) is 1. The fraction of sp³-hybridized carbons (Fsp3) is 0.933. The maximum atomic E-state index is 12.0. The molecule has 1 aliphatic carbocycles. The normalized spacial score (nSPS) is 25.9. The minimum atomic E-state index is 0.138. The van der Waals surface area contributed by atoms with Gasteiger partial charge in [-0.15, -0.1) is 0 Å². The van der Waals surface area contributed by atoms with Crippen LogP contribution in [0.15, 0.2) is 0 Å². The van der Waals surface area contributed by atoms with Crippen molar-refractivity contribution in [1.82, 2.24) is 10.2 Å². The number of unbranched alkanes of at least 4 members (excludes halogenated alkanes) is 1. The summed E-state index contributed by atoms with van der Waals surface area (Å²) in [6, 6.07) is 0.138. The van der Waals surface area contributed by atoms with Crippen LogP contribution in [0, 0.1) is 11.8 Å². The van der Waals surface area contributed by atoms with Gasteiger partial charge in [0.15, 0.2) is 0 Å². The molecule has 1 saturated carbocycles. The fourth-order valence-electron chi connectivity index (χ4n) is 3.25. The molecule has 2 amide bonds. The molecule has 0 aromatic heterocycles. The van der Waals surface area contributed by atoms with Crippen LogP contribution in [0.2, 0.25) is 0 Å². The molecule has 4 heteroatoms. The van der Waals surface area contributed by atoms with Crippen molar-refractivity contribution in [2.45, 2.75) is 52.1 Å². The first kappa shape index (κ1) is 14.6. The molecular formula is C15H28N2O2. The predicted octanol–water partition coefficient (Wildman–Crippen LogP) is 2.63. The van der Waals surface area contributed by atoms with Crippen molar-refractivity contribution in [2.24, 2.45) is 11.8 Å². The maximum Gasteiger partial charge on any atom is 0.317 e. The third-order valence-corrected chi connectivity index (χ3v) is 4.31. The Morgan fingerprint density at radius 2 is 1.95 bits per heavy atom. The standard InChI is InChI=1S/C15H28N2O2/c1-12(2)19-9-4-3-8-16-15(18)17-10-13-6-5-7-14(13)11-17/h12-14H,3-11H2,1-2H3,(H,16,18)/t13-,14-/m0/s1. The number of likely N-dealkylation sites (tertiary alicyclic amines) is 1. The molecule has 1 heterocycles. The number of carbonyl (C=O) groups excluding carboxylic acids is 1. The molecule has 2 fully saturated rings. The van der Waals surface area contributed by atoms with Gasteiger partial charge >= 0.3 is 6.03 Å². The number of nitrogens with one attached hydrogen (secondary N) is 1. The summed E-state index contributed by atoms with van der Waals surface area (Å²) in [6.45, 7) is 7.62. The van der Waals surface area contributed by atoms with E-state index in [0.717, 1.165) is 50.9 Å². The Morgan fingerprint density at radius 1 is 1.26 bits per heavy atom. The molecule has 2 atom stereocenters. The van der Waals surface area contributed by atoms with Gasteiger partial charge < -0.3 is 15.0 Å². The van der Waals surface area contributed by atoms with Gasteiger partial charge in [-0.3, -0.25) is 0 Å². The Balaban J connectivity index is 1.53. The highest BCUT2D eigenvalue weighted by Crippen LogP contribution is 2.37. The van der Waals surface area contributed by atoms with E-state index in [1.54, 1.807) is 0 Å². The van der Waals surface area contributed by atoms with Crippen LogP contribution in [0.3, 0.4) is 0 Å². The van der Waals surface area contributed by atoms with E-state index in [0.29, 0.717) is 6.10 Å². The molecule has 0 aromatic carbocycles. The van der Waals surface area contributed by atoms with E-state index in [2.05, 4.69) is 5.32 Å². The molecule has 1 N–H and O–H groups in total. The average molecular weight is 268 g/mol. The van der Waals surface area contributed by atoms with Gasteiger partial charge in [0.05, 0.1) is 6.10 Å². The van der Waals surface area contributed by atoms with Gasteiger partial charge in [0, 0.05) is 26.2 Å². The Kier molecular flexibility index (Phi) is 5.49. The number of ether oxygens (including phenoxy) is 1. The van der Waals surface area contributed by atoms with E-state index in [9.17, 15) is 4.79 Å². The number of fused-ring (bicyclic) bond motifs is 1. The molecule has 2 rings (SSSR count). The maximum absolute atomic E-state index is 12.0. The van der Waals surface area contributed by atoms with Crippen molar-refractivity contribution in [3.05, 3.63) is 0 Å². The van der Waals surface area contributed by atoms with E-state index < -0.39 is 0 Å². The molecule has 0 radical (unpaired) electrons. The predicted molar refractivity (Wildman–Crippen MR) is 76.1 cm³/mol. The monoisotopic (exact) mass is 268 g/mol. The lowest BCUT2D eigenvalue weighted by Gasteiger charge is -2.18. The first-order valence-electron chi connectivity index (χ1n) is 7.81. The summed E-state index contributed by atoms with van der Waals surface area (Å²) in [5.41, 5.74) is 0. The third-order valence-electron chi connectivity index (χ3n) is 4.31. The van der Waals surface area contributed by atoms with Gasteiger partial charge in [0.2, 0.25) is 0 Å². The van der Waals surface area contributed by atoms with Gasteiger partial charge in [0.25, 0.3) is 0 Å². The van der Waals surface area contributed by atoms with Gasteiger partial charge in [-0.05, 0) is 51.4 Å². The number of hydrogen-bond donors (Lipinski definition) is 1. The van der Waals surface area contributed by atoms with Crippen LogP contribution >= 0.6 is 0 Å². The van der Waals surface area contributed by atoms with Crippen molar-refractivity contribution < 1.29 is 9.53 Å². The third kappa shape index (κ3) is 4.37. The SMILES string of the molecule is CC(C)OCCCCNC(=O)N1C[C@@H]2CCC[C@H]2C1. The van der Waals surface area contributed by atoms with Crippen LogP contribution < -0.4 is 5.32 Å². The highest BCUT2D eigenvalue weighted by Gasteiger charge is 2.37. The zero-order valence-corrected chi connectivity index (χ0v) is 12.4. The minimum Gasteiger partial charge on any atom is -0.379 e. The van der Waals surface area contributed by atoms with Crippen LogP contribution in [0.4, 0.5) is 4.79 Å². The lowest BCUT2D eigenvalue weighted by Crippen LogP contribution is -2.39. The number of hydrogen-bond acceptors (Lipinski definition) is 2. The summed E-state index contributed by atoms with van der Waals surface area (Å²) >= 11 is 0. The van der Waals surface area contributed by atoms with Crippen LogP contribution in [-0.2, 0) is 4.74 Å². The van der Waals surface area contributed by atoms with E-state index in [4.69, 9.17) is 4.74 Å². The molecule has 0 aromatic rings. The van der Waals surface area contributed by atoms with Crippen LogP contribution in [0.1, 0.15) is 46.0 Å². The van der Waals surface area contributed by atoms with Crippen LogP contribution in [0.25, 0.3) is 0 Å². The summed E-state index contributed by atoms with van der Waals surface area (Å²) in [5, 5.41) is 3.03. The smallest absolute Gasteiger partial charge is 0.317 e. The number of carbonyl (C=O) groups is 1. The van der Waals surface area contributed by atoms with Gasteiger partial charge in [-0.2, -0.15) is 0 Å². The second kappa shape index (κ2) is 7.13. The topological polar surface area (TPSA) is 41.6 Å². The average Bonchev–Trinajstić information content (AvgIpc) is 2.93. The van der Waals surface area contributed by atoms with Crippen molar-refractivity contribution in [3.63, 3.8) is 0 Å². The Bertz CT molecular complexity index is 282. The van der Waals surface area contributed by atoms with Crippen molar-refractivity contribution in [2.75, 3.05) is 26.2 Å². The molecular weight excluding hydrogens is 240 g/mol. The largest absolute Gasteiger partial charge is 0.379 e. The number of urea groups is 1. The van der Waals surface area contributed by atoms with Crippen molar-refractivity contribution in [3.8, 4) is 0 Å². The van der Waals surface area contributed by atoms with Crippen molar-refractivity contribution >= 4 is 6.03 Å². The molecule has 4 nitrogen and oxygen atoms in total. The molecule has 1 saturated heterocycles. The molecule has 0 unspecified atom stereocenters. The fourth-order valence-corrected chi connectivity index (χ4v) is 3.25. The quantitative estimate of drug-likeness (QED) is 0.752. The number of amides is 2. The highest BCUT2D eigenvalue weighted by atomic mass is 16.5. The summed E-state index contributed by atoms with van der Waals surface area (Å²) in [7, 11) is 0. The molecule has 19 heavy (non-hydrogen) atoms. The Labute approximate surface area is 116 Å². The summed E-state index contributed by atoms with van der Waals surface area (Å²) in [6.07, 6.45) is 6.32. The molecule has 1 aliphatic heterocycles. The van der Waals surface area contributed by atoms with Gasteiger partial charge in [-0.1, -0.05) is 6.42 Å². The summed E-state index contributed by atoms with van der Waals surface area (Å²) < 4.78 is 5.48. The van der Waals surface area contributed by atoms with E-state index in [1.165, 1.54) is 19.3 Å². The van der Waals surface area contributed by atoms with E-state index in [-0.39, 0.29) is 6.03 Å². The Hall–Kier alpha value is -0.770. The molecule has 0 bridgehead atoms. The first-order chi connectivity index (χ1) is 9.16. The molecule has 2 aliphatic rings. The lowest BCUT2D eigenvalue weighted by molar-refractivity contribution is 0.0760. The highest BCUT2D eigenvalue weighted by molar-refractivity contribution is 5.74. The van der Waals surface area contributed by atoms with Gasteiger partial charge in [0.1, 0.15) is 0 Å². The number of rotatable bonds is 6. The van der Waals surface area contributed by atoms with Crippen LogP contribution in [-0.4, -0.2) is 43.3 Å². The lowest BCUT2D eigenvalue weighted by atomic mass is 10.0. The van der Waals surface area contributed by atoms with Gasteiger partial charge in [-0.25, -0.2) is 4.79 Å². The molecule has 110 valence electrons.